The SMILES string of the molecule is C=CC(=O)N1CCC(C=[N+](C)c2nc(OC[C@@]34CCCN3C[C@H](F)C4)nc3c2CCN(c2cccc4ccc(F)c(Cl)c24)C3)C1. The quantitative estimate of drug-likeness (QED) is 0.199. The Morgan fingerprint density at radius 1 is 1.22 bits per heavy atom. The summed E-state index contributed by atoms with van der Waals surface area (Å²) in [5, 5.41) is 1.66. The van der Waals surface area contributed by atoms with Gasteiger partial charge in [0, 0.05) is 61.0 Å². The van der Waals surface area contributed by atoms with E-state index in [2.05, 4.69) is 22.6 Å². The van der Waals surface area contributed by atoms with Crippen molar-refractivity contribution in [1.82, 2.24) is 19.8 Å². The maximum Gasteiger partial charge on any atom is 0.434 e. The molecule has 236 valence electrons. The molecule has 0 bridgehead atoms. The molecule has 45 heavy (non-hydrogen) atoms. The molecule has 0 N–H and O–H groups in total. The number of aromatic nitrogens is 2. The second-order valence-corrected chi connectivity index (χ2v) is 13.2. The smallest absolute Gasteiger partial charge is 0.434 e. The standard InChI is InChI=1S/C34H38ClF2N6O2/c1-3-29(44)42-14-10-22(18-42)17-40(2)32-25-11-15-41(28-7-4-6-23-8-9-26(37)31(35)30(23)28)20-27(25)38-33(39-32)45-21-34-12-5-13-43(34)19-24(36)16-34/h3-4,6-9,17,22,24H,1,5,10-16,18-21H2,2H3/q+1/t22?,24-,34+/m1/s1. The fourth-order valence-corrected chi connectivity index (χ4v) is 8.05. The molecule has 11 heteroatoms. The van der Waals surface area contributed by atoms with Crippen LogP contribution >= 0.6 is 11.6 Å². The molecular formula is C34H38ClF2N6O2+. The highest BCUT2D eigenvalue weighted by atomic mass is 35.5. The summed E-state index contributed by atoms with van der Waals surface area (Å²) in [6, 6.07) is 9.27. The molecule has 0 spiro atoms. The lowest BCUT2D eigenvalue weighted by molar-refractivity contribution is -0.407. The van der Waals surface area contributed by atoms with Crippen molar-refractivity contribution in [2.75, 3.05) is 51.3 Å². The van der Waals surface area contributed by atoms with Crippen LogP contribution in [0.4, 0.5) is 20.3 Å². The number of likely N-dealkylation sites (tertiary alicyclic amines) is 1. The van der Waals surface area contributed by atoms with Gasteiger partial charge in [-0.2, -0.15) is 4.98 Å². The van der Waals surface area contributed by atoms with E-state index >= 15 is 0 Å². The topological polar surface area (TPSA) is 64.8 Å². The fourth-order valence-electron chi connectivity index (χ4n) is 7.78. The van der Waals surface area contributed by atoms with Crippen molar-refractivity contribution >= 4 is 46.0 Å². The number of anilines is 1. The highest BCUT2D eigenvalue weighted by molar-refractivity contribution is 6.36. The second kappa shape index (κ2) is 11.9. The molecule has 3 atom stereocenters. The summed E-state index contributed by atoms with van der Waals surface area (Å²) in [5.41, 5.74) is 2.38. The summed E-state index contributed by atoms with van der Waals surface area (Å²) >= 11 is 6.50. The van der Waals surface area contributed by atoms with E-state index in [1.807, 2.05) is 34.7 Å². The number of hydrogen-bond donors (Lipinski definition) is 0. The number of ether oxygens (including phenoxy) is 1. The van der Waals surface area contributed by atoms with Crippen molar-refractivity contribution in [2.24, 2.45) is 5.92 Å². The largest absolute Gasteiger partial charge is 0.443 e. The van der Waals surface area contributed by atoms with E-state index in [1.165, 1.54) is 12.1 Å². The summed E-state index contributed by atoms with van der Waals surface area (Å²) in [6.45, 7) is 7.75. The van der Waals surface area contributed by atoms with Crippen LogP contribution in [0.3, 0.4) is 0 Å². The third-order valence-electron chi connectivity index (χ3n) is 9.99. The number of carbonyl (C=O) groups is 1. The number of hydrogen-bond acceptors (Lipinski definition) is 6. The first-order chi connectivity index (χ1) is 21.7. The molecule has 4 aliphatic rings. The molecule has 4 aliphatic heterocycles. The Morgan fingerprint density at radius 2 is 2.09 bits per heavy atom. The van der Waals surface area contributed by atoms with Crippen molar-refractivity contribution in [3.8, 4) is 6.01 Å². The van der Waals surface area contributed by atoms with Gasteiger partial charge in [-0.15, -0.1) is 0 Å². The Balaban J connectivity index is 1.23. The fraction of sp³-hybridized carbons (Fsp3) is 0.471. The molecule has 8 nitrogen and oxygen atoms in total. The van der Waals surface area contributed by atoms with E-state index in [1.54, 1.807) is 6.07 Å². The van der Waals surface area contributed by atoms with Gasteiger partial charge in [-0.3, -0.25) is 9.69 Å². The maximum atomic E-state index is 14.6. The summed E-state index contributed by atoms with van der Waals surface area (Å²) < 4.78 is 37.4. The number of alkyl halides is 1. The molecule has 5 heterocycles. The average Bonchev–Trinajstić information content (AvgIpc) is 3.75. The second-order valence-electron chi connectivity index (χ2n) is 12.8. The van der Waals surface area contributed by atoms with E-state index in [-0.39, 0.29) is 28.4 Å². The number of halogens is 3. The number of nitrogens with zero attached hydrogens (tertiary/aromatic N) is 6. The van der Waals surface area contributed by atoms with Crippen LogP contribution in [0.2, 0.25) is 5.02 Å². The van der Waals surface area contributed by atoms with E-state index < -0.39 is 12.0 Å². The highest BCUT2D eigenvalue weighted by Crippen LogP contribution is 2.41. The van der Waals surface area contributed by atoms with Crippen LogP contribution in [0.15, 0.2) is 43.0 Å². The number of amides is 1. The Kier molecular flexibility index (Phi) is 7.98. The average molecular weight is 636 g/mol. The van der Waals surface area contributed by atoms with Gasteiger partial charge < -0.3 is 14.5 Å². The number of benzene rings is 2. The van der Waals surface area contributed by atoms with Crippen LogP contribution in [-0.2, 0) is 17.8 Å². The van der Waals surface area contributed by atoms with Crippen molar-refractivity contribution in [1.29, 1.82) is 0 Å². The minimum absolute atomic E-state index is 0.0556. The Hall–Kier alpha value is -3.63. The Labute approximate surface area is 266 Å². The van der Waals surface area contributed by atoms with E-state index in [9.17, 15) is 13.6 Å². The van der Waals surface area contributed by atoms with Gasteiger partial charge in [-0.25, -0.2) is 13.4 Å². The minimum Gasteiger partial charge on any atom is -0.443 e. The van der Waals surface area contributed by atoms with Gasteiger partial charge in [-0.1, -0.05) is 36.4 Å². The van der Waals surface area contributed by atoms with Crippen LogP contribution in [0, 0.1) is 11.7 Å². The van der Waals surface area contributed by atoms with Gasteiger partial charge in [0.25, 0.3) is 0 Å². The Morgan fingerprint density at radius 3 is 2.93 bits per heavy atom. The molecule has 7 rings (SSSR count). The van der Waals surface area contributed by atoms with Crippen molar-refractivity contribution in [3.05, 3.63) is 65.1 Å². The molecule has 3 fully saturated rings. The van der Waals surface area contributed by atoms with Crippen molar-refractivity contribution in [3.63, 3.8) is 0 Å². The van der Waals surface area contributed by atoms with E-state index in [0.29, 0.717) is 57.6 Å². The first kappa shape index (κ1) is 30.0. The summed E-state index contributed by atoms with van der Waals surface area (Å²) in [4.78, 5) is 28.2. The zero-order valence-corrected chi connectivity index (χ0v) is 26.3. The first-order valence-corrected chi connectivity index (χ1v) is 16.1. The van der Waals surface area contributed by atoms with E-state index in [0.717, 1.165) is 54.0 Å². The van der Waals surface area contributed by atoms with Crippen molar-refractivity contribution in [2.45, 2.75) is 50.4 Å². The van der Waals surface area contributed by atoms with E-state index in [4.69, 9.17) is 26.3 Å². The first-order valence-electron chi connectivity index (χ1n) is 15.8. The number of rotatable bonds is 7. The lowest BCUT2D eigenvalue weighted by Gasteiger charge is -2.32. The van der Waals surface area contributed by atoms with Crippen LogP contribution in [0.1, 0.15) is 36.9 Å². The van der Waals surface area contributed by atoms with Gasteiger partial charge in [0.05, 0.1) is 41.6 Å². The molecule has 2 aromatic carbocycles. The molecule has 1 unspecified atom stereocenters. The third kappa shape index (κ3) is 5.56. The third-order valence-corrected chi connectivity index (χ3v) is 10.4. The zero-order valence-electron chi connectivity index (χ0n) is 25.5. The number of carbonyl (C=O) groups excluding carboxylic acids is 1. The Bertz CT molecular complexity index is 1700. The molecule has 3 aromatic rings. The van der Waals surface area contributed by atoms with Gasteiger partial charge in [-0.05, 0) is 49.4 Å². The molecule has 0 aliphatic carbocycles. The van der Waals surface area contributed by atoms with Crippen molar-refractivity contribution < 1.29 is 22.9 Å². The maximum absolute atomic E-state index is 14.6. The van der Waals surface area contributed by atoms with Crippen LogP contribution < -0.4 is 9.64 Å². The van der Waals surface area contributed by atoms with Gasteiger partial charge in [0.2, 0.25) is 5.91 Å². The number of fused-ring (bicyclic) bond motifs is 3. The van der Waals surface area contributed by atoms with Crippen LogP contribution in [0.25, 0.3) is 10.8 Å². The van der Waals surface area contributed by atoms with Gasteiger partial charge in [0.15, 0.2) is 0 Å². The summed E-state index contributed by atoms with van der Waals surface area (Å²) in [6.07, 6.45) is 6.55. The van der Waals surface area contributed by atoms with Crippen LogP contribution in [0.5, 0.6) is 6.01 Å². The minimum atomic E-state index is -0.848. The monoisotopic (exact) mass is 635 g/mol. The predicted molar refractivity (Wildman–Crippen MR) is 171 cm³/mol. The van der Waals surface area contributed by atoms with Gasteiger partial charge in [0.1, 0.15) is 18.6 Å². The molecule has 0 radical (unpaired) electrons. The summed E-state index contributed by atoms with van der Waals surface area (Å²) in [7, 11) is 1.98. The normalized spacial score (nSPS) is 25.1. The predicted octanol–water partition coefficient (Wildman–Crippen LogP) is 5.32. The lowest BCUT2D eigenvalue weighted by Crippen LogP contribution is -2.43. The summed E-state index contributed by atoms with van der Waals surface area (Å²) in [5.74, 6) is 0.433. The molecule has 3 saturated heterocycles. The molecular weight excluding hydrogens is 598 g/mol. The molecule has 0 saturated carbocycles. The lowest BCUT2D eigenvalue weighted by atomic mass is 9.95. The van der Waals surface area contributed by atoms with Crippen LogP contribution in [-0.4, -0.2) is 94.6 Å². The van der Waals surface area contributed by atoms with Gasteiger partial charge >= 0.3 is 11.8 Å². The highest BCUT2D eigenvalue weighted by Gasteiger charge is 2.49. The molecule has 1 aromatic heterocycles. The molecule has 1 amide bonds. The zero-order chi connectivity index (χ0) is 31.3.